The van der Waals surface area contributed by atoms with Gasteiger partial charge in [-0.05, 0) is 34.1 Å². The summed E-state index contributed by atoms with van der Waals surface area (Å²) in [4.78, 5) is 12.6. The Balaban J connectivity index is 2.16. The van der Waals surface area contributed by atoms with Gasteiger partial charge < -0.3 is 15.8 Å². The molecule has 3 N–H and O–H groups in total. The van der Waals surface area contributed by atoms with E-state index in [-0.39, 0.29) is 5.91 Å². The van der Waals surface area contributed by atoms with Crippen LogP contribution in [0.5, 0.6) is 5.75 Å². The quantitative estimate of drug-likeness (QED) is 0.850. The molecule has 0 unspecified atom stereocenters. The smallest absolute Gasteiger partial charge is 0.265 e. The fourth-order valence-corrected chi connectivity index (χ4v) is 2.61. The van der Waals surface area contributed by atoms with Crippen molar-refractivity contribution < 1.29 is 9.53 Å². The molecule has 0 bridgehead atoms. The highest BCUT2D eigenvalue weighted by Crippen LogP contribution is 2.27. The molecule has 94 valence electrons. The number of carbonyl (C=O) groups excluding carboxylic acids is 1. The Morgan fingerprint density at radius 2 is 2.22 bits per heavy atom. The van der Waals surface area contributed by atoms with Crippen LogP contribution in [0, 0.1) is 0 Å². The first-order chi connectivity index (χ1) is 8.60. The number of nitrogens with one attached hydrogen (secondary N) is 1. The third-order valence-electron chi connectivity index (χ3n) is 2.28. The summed E-state index contributed by atoms with van der Waals surface area (Å²) in [5.41, 5.74) is 6.95. The fourth-order valence-electron chi connectivity index (χ4n) is 1.36. The topological polar surface area (TPSA) is 64.3 Å². The van der Waals surface area contributed by atoms with Crippen molar-refractivity contribution in [1.82, 2.24) is 0 Å². The number of hydrogen-bond acceptors (Lipinski definition) is 4. The van der Waals surface area contributed by atoms with Gasteiger partial charge in [-0.15, -0.1) is 11.3 Å². The molecular weight excluding hydrogens is 316 g/mol. The number of amides is 1. The molecule has 0 fully saturated rings. The highest BCUT2D eigenvalue weighted by atomic mass is 79.9. The zero-order chi connectivity index (χ0) is 13.1. The van der Waals surface area contributed by atoms with Crippen molar-refractivity contribution >= 4 is 44.5 Å². The van der Waals surface area contributed by atoms with Crippen LogP contribution in [0.25, 0.3) is 0 Å². The van der Waals surface area contributed by atoms with Gasteiger partial charge in [-0.1, -0.05) is 0 Å². The monoisotopic (exact) mass is 326 g/mol. The Hall–Kier alpha value is -1.53. The number of rotatable bonds is 3. The first kappa shape index (κ1) is 12.9. The number of anilines is 2. The van der Waals surface area contributed by atoms with Crippen LogP contribution in [0.3, 0.4) is 0 Å². The van der Waals surface area contributed by atoms with Crippen LogP contribution >= 0.6 is 27.3 Å². The number of thiophene rings is 1. The molecule has 0 atom stereocenters. The van der Waals surface area contributed by atoms with Gasteiger partial charge in [0.2, 0.25) is 0 Å². The number of benzene rings is 1. The number of methoxy groups -OCH3 is 1. The third kappa shape index (κ3) is 2.83. The van der Waals surface area contributed by atoms with Crippen LogP contribution < -0.4 is 15.8 Å². The van der Waals surface area contributed by atoms with E-state index in [1.807, 2.05) is 0 Å². The predicted molar refractivity (Wildman–Crippen MR) is 77.4 cm³/mol. The normalized spacial score (nSPS) is 10.1. The van der Waals surface area contributed by atoms with Crippen molar-refractivity contribution in [2.75, 3.05) is 18.2 Å². The molecular formula is C12H11BrN2O2S. The van der Waals surface area contributed by atoms with Gasteiger partial charge in [-0.2, -0.15) is 0 Å². The molecule has 0 spiro atoms. The molecule has 6 heteroatoms. The SMILES string of the molecule is COc1csc(C(=O)Nc2ccc(N)cc2Br)c1. The summed E-state index contributed by atoms with van der Waals surface area (Å²) in [6.45, 7) is 0. The van der Waals surface area contributed by atoms with E-state index in [0.29, 0.717) is 22.0 Å². The lowest BCUT2D eigenvalue weighted by Gasteiger charge is -2.06. The summed E-state index contributed by atoms with van der Waals surface area (Å²) in [7, 11) is 1.57. The van der Waals surface area contributed by atoms with E-state index in [4.69, 9.17) is 10.5 Å². The van der Waals surface area contributed by atoms with E-state index >= 15 is 0 Å². The van der Waals surface area contributed by atoms with E-state index < -0.39 is 0 Å². The van der Waals surface area contributed by atoms with Crippen molar-refractivity contribution in [3.63, 3.8) is 0 Å². The molecule has 1 amide bonds. The molecule has 2 rings (SSSR count). The average Bonchev–Trinajstić information content (AvgIpc) is 2.81. The minimum Gasteiger partial charge on any atom is -0.496 e. The molecule has 4 nitrogen and oxygen atoms in total. The Labute approximate surface area is 117 Å². The van der Waals surface area contributed by atoms with Crippen LogP contribution in [-0.2, 0) is 0 Å². The molecule has 0 radical (unpaired) electrons. The van der Waals surface area contributed by atoms with Crippen LogP contribution in [0.15, 0.2) is 34.1 Å². The summed E-state index contributed by atoms with van der Waals surface area (Å²) in [5.74, 6) is 0.510. The number of carbonyl (C=O) groups is 1. The van der Waals surface area contributed by atoms with Gasteiger partial charge in [0, 0.05) is 21.6 Å². The minimum atomic E-state index is -0.172. The molecule has 0 aliphatic heterocycles. The lowest BCUT2D eigenvalue weighted by Crippen LogP contribution is -2.10. The minimum absolute atomic E-state index is 0.172. The van der Waals surface area contributed by atoms with Crippen molar-refractivity contribution in [1.29, 1.82) is 0 Å². The molecule has 1 heterocycles. The van der Waals surface area contributed by atoms with Gasteiger partial charge in [0.15, 0.2) is 0 Å². The molecule has 1 aromatic carbocycles. The largest absolute Gasteiger partial charge is 0.496 e. The summed E-state index contributed by atoms with van der Waals surface area (Å²) in [5, 5.41) is 4.59. The van der Waals surface area contributed by atoms with Crippen molar-refractivity contribution in [2.24, 2.45) is 0 Å². The highest BCUT2D eigenvalue weighted by Gasteiger charge is 2.11. The maximum Gasteiger partial charge on any atom is 0.265 e. The summed E-state index contributed by atoms with van der Waals surface area (Å²) >= 11 is 4.68. The van der Waals surface area contributed by atoms with Crippen molar-refractivity contribution in [3.8, 4) is 5.75 Å². The fraction of sp³-hybridized carbons (Fsp3) is 0.0833. The molecule has 1 aromatic heterocycles. The highest BCUT2D eigenvalue weighted by molar-refractivity contribution is 9.10. The van der Waals surface area contributed by atoms with E-state index in [1.165, 1.54) is 11.3 Å². The Kier molecular flexibility index (Phi) is 3.88. The number of nitrogen functional groups attached to an aromatic ring is 1. The number of hydrogen-bond donors (Lipinski definition) is 2. The number of ether oxygens (including phenoxy) is 1. The first-order valence-electron chi connectivity index (χ1n) is 5.09. The second-order valence-corrected chi connectivity index (χ2v) is 5.31. The average molecular weight is 327 g/mol. The summed E-state index contributed by atoms with van der Waals surface area (Å²) in [6, 6.07) is 6.92. The Morgan fingerprint density at radius 3 is 2.83 bits per heavy atom. The van der Waals surface area contributed by atoms with Crippen molar-refractivity contribution in [2.45, 2.75) is 0 Å². The van der Waals surface area contributed by atoms with Crippen LogP contribution in [0.2, 0.25) is 0 Å². The Bertz CT molecular complexity index is 583. The van der Waals surface area contributed by atoms with Crippen LogP contribution in [0.1, 0.15) is 9.67 Å². The van der Waals surface area contributed by atoms with Crippen LogP contribution in [-0.4, -0.2) is 13.0 Å². The zero-order valence-electron chi connectivity index (χ0n) is 9.57. The maximum atomic E-state index is 12.0. The molecule has 0 saturated carbocycles. The van der Waals surface area contributed by atoms with Gasteiger partial charge in [0.05, 0.1) is 17.7 Å². The molecule has 2 aromatic rings. The Morgan fingerprint density at radius 1 is 1.44 bits per heavy atom. The van der Waals surface area contributed by atoms with Gasteiger partial charge in [0.1, 0.15) is 5.75 Å². The van der Waals surface area contributed by atoms with Crippen LogP contribution in [0.4, 0.5) is 11.4 Å². The lowest BCUT2D eigenvalue weighted by atomic mass is 10.3. The van der Waals surface area contributed by atoms with E-state index in [9.17, 15) is 4.79 Å². The van der Waals surface area contributed by atoms with E-state index in [2.05, 4.69) is 21.2 Å². The molecule has 0 aliphatic carbocycles. The summed E-state index contributed by atoms with van der Waals surface area (Å²) in [6.07, 6.45) is 0. The van der Waals surface area contributed by atoms with E-state index in [0.717, 1.165) is 4.47 Å². The predicted octanol–water partition coefficient (Wildman–Crippen LogP) is 3.35. The zero-order valence-corrected chi connectivity index (χ0v) is 12.0. The van der Waals surface area contributed by atoms with E-state index in [1.54, 1.807) is 36.8 Å². The third-order valence-corrected chi connectivity index (χ3v) is 3.84. The van der Waals surface area contributed by atoms with Gasteiger partial charge in [0.25, 0.3) is 5.91 Å². The number of nitrogens with two attached hydrogens (primary N) is 1. The standard InChI is InChI=1S/C12H11BrN2O2S/c1-17-8-5-11(18-6-8)12(16)15-10-3-2-7(14)4-9(10)13/h2-6H,14H2,1H3,(H,15,16). The number of halogens is 1. The summed E-state index contributed by atoms with van der Waals surface area (Å²) < 4.78 is 5.79. The second kappa shape index (κ2) is 5.41. The van der Waals surface area contributed by atoms with Gasteiger partial charge in [-0.3, -0.25) is 4.79 Å². The molecule has 0 aliphatic rings. The molecule has 0 saturated heterocycles. The molecule has 18 heavy (non-hydrogen) atoms. The van der Waals surface area contributed by atoms with Gasteiger partial charge in [-0.25, -0.2) is 0 Å². The second-order valence-electron chi connectivity index (χ2n) is 3.54. The van der Waals surface area contributed by atoms with Gasteiger partial charge >= 0.3 is 0 Å². The maximum absolute atomic E-state index is 12.0. The lowest BCUT2D eigenvalue weighted by molar-refractivity contribution is 0.103. The first-order valence-corrected chi connectivity index (χ1v) is 6.76. The van der Waals surface area contributed by atoms with Crippen molar-refractivity contribution in [3.05, 3.63) is 39.0 Å².